The summed E-state index contributed by atoms with van der Waals surface area (Å²) in [7, 11) is -2.44. The van der Waals surface area contributed by atoms with E-state index in [2.05, 4.69) is 10.6 Å². The molecule has 1 aliphatic rings. The lowest BCUT2D eigenvalue weighted by atomic mass is 10.0. The van der Waals surface area contributed by atoms with Crippen LogP contribution in [0.2, 0.25) is 5.02 Å². The fourth-order valence-electron chi connectivity index (χ4n) is 5.64. The summed E-state index contributed by atoms with van der Waals surface area (Å²) in [6.07, 6.45) is -3.46. The maximum atomic E-state index is 14.4. The Kier molecular flexibility index (Phi) is 14.0. The van der Waals surface area contributed by atoms with Crippen molar-refractivity contribution >= 4 is 44.9 Å². The van der Waals surface area contributed by atoms with Gasteiger partial charge in [-0.05, 0) is 99.8 Å². The van der Waals surface area contributed by atoms with Crippen LogP contribution in [0.15, 0.2) is 71.6 Å². The Bertz CT molecular complexity index is 1780. The maximum absolute atomic E-state index is 14.4. The average Bonchev–Trinajstić information content (AvgIpc) is 3.09. The number of sulfonamides is 1. The van der Waals surface area contributed by atoms with Crippen LogP contribution in [-0.4, -0.2) is 86.3 Å². The number of alkyl halides is 3. The summed E-state index contributed by atoms with van der Waals surface area (Å²) in [5, 5.41) is 15.7. The SMILES string of the molecule is C[C@@H]1CCCCO[C@@H](CN(C)S(=O)(=O)c2ccc(Cl)cc2)[C@H](C)CN([C@H](C)CO)C(=O)c2cc(NC(=O)Nc3ccc(C(F)(F)F)cc3)ccc2O1. The highest BCUT2D eigenvalue weighted by Gasteiger charge is 2.33. The summed E-state index contributed by atoms with van der Waals surface area (Å²) in [4.78, 5) is 28.7. The summed E-state index contributed by atoms with van der Waals surface area (Å²) in [6, 6.07) is 12.9. The summed E-state index contributed by atoms with van der Waals surface area (Å²) in [5.41, 5.74) is -0.434. The molecule has 3 aromatic rings. The van der Waals surface area contributed by atoms with Crippen molar-refractivity contribution in [2.75, 3.05) is 44.0 Å². The quantitative estimate of drug-likeness (QED) is 0.222. The molecule has 3 N–H and O–H groups in total. The Labute approximate surface area is 307 Å². The molecule has 0 aromatic heterocycles. The smallest absolute Gasteiger partial charge is 0.416 e. The van der Waals surface area contributed by atoms with Gasteiger partial charge >= 0.3 is 12.2 Å². The second-order valence-corrected chi connectivity index (χ2v) is 15.4. The van der Waals surface area contributed by atoms with Gasteiger partial charge in [-0.2, -0.15) is 17.5 Å². The number of fused-ring (bicyclic) bond motifs is 1. The van der Waals surface area contributed by atoms with Crippen LogP contribution in [0.4, 0.5) is 29.3 Å². The van der Waals surface area contributed by atoms with Crippen LogP contribution < -0.4 is 15.4 Å². The van der Waals surface area contributed by atoms with Crippen molar-refractivity contribution < 1.29 is 45.8 Å². The van der Waals surface area contributed by atoms with E-state index >= 15 is 0 Å². The van der Waals surface area contributed by atoms with Gasteiger partial charge < -0.3 is 30.1 Å². The Hall–Kier alpha value is -3.89. The fourth-order valence-corrected chi connectivity index (χ4v) is 6.95. The number of benzene rings is 3. The molecule has 4 rings (SSSR count). The lowest BCUT2D eigenvalue weighted by Crippen LogP contribution is -2.48. The molecule has 3 amide bonds. The minimum atomic E-state index is -4.52. The van der Waals surface area contributed by atoms with Gasteiger partial charge in [0.1, 0.15) is 5.75 Å². The van der Waals surface area contributed by atoms with E-state index in [1.165, 1.54) is 52.7 Å². The predicted molar refractivity (Wildman–Crippen MR) is 192 cm³/mol. The zero-order valence-electron chi connectivity index (χ0n) is 29.3. The number of hydrogen-bond donors (Lipinski definition) is 3. The molecular weight excluding hydrogens is 725 g/mol. The standard InChI is InChI=1S/C36H44ClF3N4O7S/c1-23-20-44(24(2)22-45)34(46)31-19-29(42-35(47)41-28-12-8-26(9-13-28)36(38,39)40)14-17-32(31)51-25(3)7-5-6-18-50-33(23)21-43(4)52(48,49)30-15-10-27(37)11-16-30/h8-17,19,23-25,33,45H,5-7,18,20-22H2,1-4H3,(H2,41,42,47)/t23-,24-,25-,33+/m1/s1. The third-order valence-electron chi connectivity index (χ3n) is 8.74. The number of rotatable bonds is 8. The van der Waals surface area contributed by atoms with Crippen molar-refractivity contribution in [3.05, 3.63) is 82.9 Å². The minimum Gasteiger partial charge on any atom is -0.490 e. The largest absolute Gasteiger partial charge is 0.490 e. The highest BCUT2D eigenvalue weighted by Crippen LogP contribution is 2.31. The van der Waals surface area contributed by atoms with Crippen molar-refractivity contribution in [1.29, 1.82) is 0 Å². The molecule has 0 unspecified atom stereocenters. The van der Waals surface area contributed by atoms with Gasteiger partial charge in [0.2, 0.25) is 10.0 Å². The molecule has 11 nitrogen and oxygen atoms in total. The first-order chi connectivity index (χ1) is 24.5. The summed E-state index contributed by atoms with van der Waals surface area (Å²) in [6.45, 7) is 5.40. The molecule has 0 saturated heterocycles. The number of ether oxygens (including phenoxy) is 2. The van der Waals surface area contributed by atoms with Gasteiger partial charge in [0.05, 0.1) is 40.9 Å². The number of carbonyl (C=O) groups is 2. The van der Waals surface area contributed by atoms with Gasteiger partial charge in [-0.15, -0.1) is 0 Å². The summed E-state index contributed by atoms with van der Waals surface area (Å²) in [5.74, 6) is -0.671. The predicted octanol–water partition coefficient (Wildman–Crippen LogP) is 7.12. The normalized spacial score (nSPS) is 20.0. The number of likely N-dealkylation sites (N-methyl/N-ethyl adjacent to an activating group) is 1. The van der Waals surface area contributed by atoms with Gasteiger partial charge in [0.25, 0.3) is 5.91 Å². The van der Waals surface area contributed by atoms with Crippen LogP contribution in [0.25, 0.3) is 0 Å². The van der Waals surface area contributed by atoms with Crippen molar-refractivity contribution in [1.82, 2.24) is 9.21 Å². The Morgan fingerprint density at radius 1 is 1.04 bits per heavy atom. The van der Waals surface area contributed by atoms with Crippen LogP contribution >= 0.6 is 11.6 Å². The fraction of sp³-hybridized carbons (Fsp3) is 0.444. The molecule has 0 saturated carbocycles. The van der Waals surface area contributed by atoms with Crippen LogP contribution in [-0.2, 0) is 20.9 Å². The molecule has 16 heteroatoms. The number of carbonyl (C=O) groups excluding carboxylic acids is 2. The number of aliphatic hydroxyl groups excluding tert-OH is 1. The van der Waals surface area contributed by atoms with Crippen molar-refractivity contribution in [2.24, 2.45) is 5.92 Å². The first-order valence-electron chi connectivity index (χ1n) is 16.8. The van der Waals surface area contributed by atoms with E-state index in [4.69, 9.17) is 21.1 Å². The number of anilines is 2. The summed E-state index contributed by atoms with van der Waals surface area (Å²) < 4.78 is 79.4. The molecule has 0 aliphatic carbocycles. The molecule has 4 atom stereocenters. The first-order valence-corrected chi connectivity index (χ1v) is 18.6. The number of halogens is 4. The Morgan fingerprint density at radius 2 is 1.67 bits per heavy atom. The molecule has 1 aliphatic heterocycles. The molecule has 0 spiro atoms. The zero-order valence-corrected chi connectivity index (χ0v) is 30.9. The van der Waals surface area contributed by atoms with Crippen LogP contribution in [0.3, 0.4) is 0 Å². The highest BCUT2D eigenvalue weighted by atomic mass is 35.5. The van der Waals surface area contributed by atoms with E-state index in [1.807, 2.05) is 13.8 Å². The second kappa shape index (κ2) is 17.8. The maximum Gasteiger partial charge on any atom is 0.416 e. The van der Waals surface area contributed by atoms with Gasteiger partial charge in [0, 0.05) is 49.1 Å². The first kappa shape index (κ1) is 40.9. The summed E-state index contributed by atoms with van der Waals surface area (Å²) >= 11 is 5.97. The molecule has 0 radical (unpaired) electrons. The third-order valence-corrected chi connectivity index (χ3v) is 10.8. The number of amides is 3. The highest BCUT2D eigenvalue weighted by molar-refractivity contribution is 7.89. The van der Waals surface area contributed by atoms with E-state index in [-0.39, 0.29) is 53.4 Å². The zero-order chi connectivity index (χ0) is 38.2. The molecule has 3 aromatic carbocycles. The number of hydrogen-bond acceptors (Lipinski definition) is 7. The van der Waals surface area contributed by atoms with Gasteiger partial charge in [-0.3, -0.25) is 4.79 Å². The molecular formula is C36H44ClF3N4O7S. The van der Waals surface area contributed by atoms with Crippen LogP contribution in [0.5, 0.6) is 5.75 Å². The lowest BCUT2D eigenvalue weighted by molar-refractivity contribution is -0.137. The number of nitrogens with one attached hydrogen (secondary N) is 2. The monoisotopic (exact) mass is 768 g/mol. The topological polar surface area (TPSA) is 138 Å². The van der Waals surface area contributed by atoms with Crippen molar-refractivity contribution in [3.63, 3.8) is 0 Å². The number of nitrogens with zero attached hydrogens (tertiary/aromatic N) is 2. The molecule has 284 valence electrons. The van der Waals surface area contributed by atoms with Crippen molar-refractivity contribution in [3.8, 4) is 5.75 Å². The van der Waals surface area contributed by atoms with Crippen LogP contribution in [0, 0.1) is 5.92 Å². The second-order valence-electron chi connectivity index (χ2n) is 12.9. The molecule has 1 heterocycles. The number of aliphatic hydroxyl groups is 1. The van der Waals surface area contributed by atoms with E-state index in [0.717, 1.165) is 30.7 Å². The van der Waals surface area contributed by atoms with E-state index < -0.39 is 51.8 Å². The van der Waals surface area contributed by atoms with Crippen LogP contribution in [0.1, 0.15) is 56.0 Å². The third kappa shape index (κ3) is 10.8. The Morgan fingerprint density at radius 3 is 2.31 bits per heavy atom. The number of urea groups is 1. The molecule has 0 fully saturated rings. The lowest BCUT2D eigenvalue weighted by Gasteiger charge is -2.35. The molecule has 0 bridgehead atoms. The molecule has 52 heavy (non-hydrogen) atoms. The Balaban J connectivity index is 1.60. The minimum absolute atomic E-state index is 0.0140. The van der Waals surface area contributed by atoms with E-state index in [1.54, 1.807) is 13.0 Å². The van der Waals surface area contributed by atoms with Crippen molar-refractivity contribution in [2.45, 2.75) is 69.4 Å². The van der Waals surface area contributed by atoms with E-state index in [0.29, 0.717) is 24.5 Å². The van der Waals surface area contributed by atoms with Gasteiger partial charge in [-0.1, -0.05) is 18.5 Å². The average molecular weight is 769 g/mol. The van der Waals surface area contributed by atoms with Gasteiger partial charge in [0.15, 0.2) is 0 Å². The van der Waals surface area contributed by atoms with E-state index in [9.17, 15) is 36.3 Å². The van der Waals surface area contributed by atoms with Gasteiger partial charge in [-0.25, -0.2) is 13.2 Å².